The normalized spacial score (nSPS) is 14.4. The highest BCUT2D eigenvalue weighted by Gasteiger charge is 2.32. The van der Waals surface area contributed by atoms with Gasteiger partial charge in [0, 0.05) is 34.1 Å². The molecule has 7 heteroatoms. The van der Waals surface area contributed by atoms with Gasteiger partial charge in [-0.25, -0.2) is 0 Å². The van der Waals surface area contributed by atoms with E-state index in [0.717, 1.165) is 36.8 Å². The Bertz CT molecular complexity index is 1200. The van der Waals surface area contributed by atoms with Gasteiger partial charge in [0.25, 0.3) is 0 Å². The molecule has 1 aliphatic carbocycles. The van der Waals surface area contributed by atoms with Crippen molar-refractivity contribution in [3.05, 3.63) is 105 Å². The van der Waals surface area contributed by atoms with E-state index in [4.69, 9.17) is 34.8 Å². The van der Waals surface area contributed by atoms with Gasteiger partial charge >= 0.3 is 0 Å². The van der Waals surface area contributed by atoms with E-state index in [0.29, 0.717) is 27.1 Å². The van der Waals surface area contributed by atoms with Crippen molar-refractivity contribution in [2.45, 2.75) is 57.2 Å². The summed E-state index contributed by atoms with van der Waals surface area (Å²) in [5, 5.41) is 4.69. The third kappa shape index (κ3) is 7.03. The van der Waals surface area contributed by atoms with Gasteiger partial charge < -0.3 is 10.2 Å². The molecule has 4 rings (SSSR count). The summed E-state index contributed by atoms with van der Waals surface area (Å²) in [4.78, 5) is 29.2. The highest BCUT2D eigenvalue weighted by molar-refractivity contribution is 6.35. The number of nitrogens with one attached hydrogen (secondary N) is 1. The molecule has 0 aliphatic heterocycles. The average molecular weight is 544 g/mol. The largest absolute Gasteiger partial charge is 0.352 e. The van der Waals surface area contributed by atoms with Crippen molar-refractivity contribution in [2.75, 3.05) is 0 Å². The molecule has 188 valence electrons. The molecule has 0 radical (unpaired) electrons. The van der Waals surface area contributed by atoms with E-state index >= 15 is 0 Å². The van der Waals surface area contributed by atoms with Crippen LogP contribution in [0.1, 0.15) is 42.4 Å². The minimum atomic E-state index is -0.713. The van der Waals surface area contributed by atoms with Crippen molar-refractivity contribution < 1.29 is 9.59 Å². The van der Waals surface area contributed by atoms with Crippen LogP contribution in [0.5, 0.6) is 0 Å². The fourth-order valence-corrected chi connectivity index (χ4v) is 5.33. The number of nitrogens with zero attached hydrogens (tertiary/aromatic N) is 1. The molecule has 1 saturated carbocycles. The van der Waals surface area contributed by atoms with E-state index in [-0.39, 0.29) is 30.8 Å². The molecule has 1 fully saturated rings. The molecular weight excluding hydrogens is 515 g/mol. The van der Waals surface area contributed by atoms with E-state index in [9.17, 15) is 9.59 Å². The summed E-state index contributed by atoms with van der Waals surface area (Å²) in [6.07, 6.45) is 4.58. The lowest BCUT2D eigenvalue weighted by Gasteiger charge is -2.33. The van der Waals surface area contributed by atoms with Crippen LogP contribution in [0.4, 0.5) is 0 Å². The summed E-state index contributed by atoms with van der Waals surface area (Å²) in [7, 11) is 0. The summed E-state index contributed by atoms with van der Waals surface area (Å²) in [6, 6.07) is 21.6. The van der Waals surface area contributed by atoms with Crippen LogP contribution < -0.4 is 5.32 Å². The second kappa shape index (κ2) is 12.6. The first-order valence-corrected chi connectivity index (χ1v) is 13.3. The first kappa shape index (κ1) is 26.5. The van der Waals surface area contributed by atoms with Crippen molar-refractivity contribution in [3.8, 4) is 0 Å². The van der Waals surface area contributed by atoms with E-state index in [2.05, 4.69) is 5.32 Å². The first-order chi connectivity index (χ1) is 17.4. The Morgan fingerprint density at radius 2 is 1.56 bits per heavy atom. The van der Waals surface area contributed by atoms with Crippen LogP contribution in [-0.4, -0.2) is 28.8 Å². The molecule has 0 saturated heterocycles. The molecule has 0 aromatic heterocycles. The highest BCUT2D eigenvalue weighted by atomic mass is 35.5. The molecule has 1 atom stereocenters. The van der Waals surface area contributed by atoms with Crippen LogP contribution >= 0.6 is 34.8 Å². The molecule has 0 unspecified atom stereocenters. The molecule has 0 heterocycles. The number of hydrogen-bond donors (Lipinski definition) is 1. The fraction of sp³-hybridized carbons (Fsp3) is 0.310. The van der Waals surface area contributed by atoms with Gasteiger partial charge in [-0.3, -0.25) is 9.59 Å². The number of amides is 2. The molecule has 2 amide bonds. The van der Waals surface area contributed by atoms with Crippen molar-refractivity contribution in [2.24, 2.45) is 0 Å². The zero-order valence-electron chi connectivity index (χ0n) is 19.9. The quantitative estimate of drug-likeness (QED) is 0.319. The number of carbonyl (C=O) groups is 2. The number of halogens is 3. The molecule has 3 aromatic rings. The topological polar surface area (TPSA) is 49.4 Å². The van der Waals surface area contributed by atoms with Crippen molar-refractivity contribution >= 4 is 46.6 Å². The highest BCUT2D eigenvalue weighted by Crippen LogP contribution is 2.26. The van der Waals surface area contributed by atoms with Crippen molar-refractivity contribution in [1.82, 2.24) is 10.2 Å². The van der Waals surface area contributed by atoms with Gasteiger partial charge in [0.1, 0.15) is 6.04 Å². The Kier molecular flexibility index (Phi) is 9.30. The van der Waals surface area contributed by atoms with Gasteiger partial charge in [-0.2, -0.15) is 0 Å². The van der Waals surface area contributed by atoms with Crippen LogP contribution in [0, 0.1) is 0 Å². The molecular formula is C29H29Cl3N2O2. The second-order valence-electron chi connectivity index (χ2n) is 9.22. The maximum atomic E-state index is 13.8. The van der Waals surface area contributed by atoms with Crippen LogP contribution in [0.2, 0.25) is 15.1 Å². The maximum absolute atomic E-state index is 13.8. The minimum Gasteiger partial charge on any atom is -0.352 e. The Balaban J connectivity index is 1.69. The lowest BCUT2D eigenvalue weighted by atomic mass is 10.0. The monoisotopic (exact) mass is 542 g/mol. The summed E-state index contributed by atoms with van der Waals surface area (Å²) in [5.41, 5.74) is 2.41. The second-order valence-corrected chi connectivity index (χ2v) is 10.5. The van der Waals surface area contributed by atoms with Crippen LogP contribution in [-0.2, 0) is 29.0 Å². The SMILES string of the molecule is O=C(NC1CCCC1)[C@H](Cc1ccccc1)N(Cc1ccc(Cl)cc1Cl)C(=O)Cc1ccccc1Cl. The van der Waals surface area contributed by atoms with Gasteiger partial charge in [0.2, 0.25) is 11.8 Å². The Labute approximate surface area is 227 Å². The number of hydrogen-bond acceptors (Lipinski definition) is 2. The van der Waals surface area contributed by atoms with Crippen LogP contribution in [0.15, 0.2) is 72.8 Å². The molecule has 36 heavy (non-hydrogen) atoms. The number of rotatable bonds is 9. The molecule has 4 nitrogen and oxygen atoms in total. The average Bonchev–Trinajstić information content (AvgIpc) is 3.37. The lowest BCUT2D eigenvalue weighted by Crippen LogP contribution is -2.52. The third-order valence-electron chi connectivity index (χ3n) is 6.63. The van der Waals surface area contributed by atoms with Crippen molar-refractivity contribution in [3.63, 3.8) is 0 Å². The van der Waals surface area contributed by atoms with Gasteiger partial charge in [-0.1, -0.05) is 102 Å². The Morgan fingerprint density at radius 3 is 2.25 bits per heavy atom. The zero-order valence-corrected chi connectivity index (χ0v) is 22.2. The van der Waals surface area contributed by atoms with E-state index in [1.807, 2.05) is 48.5 Å². The van der Waals surface area contributed by atoms with Crippen LogP contribution in [0.3, 0.4) is 0 Å². The standard InChI is InChI=1S/C29H29Cl3N2O2/c30-23-15-14-22(26(32)18-23)19-34(28(35)17-21-10-4-7-13-25(21)31)27(16-20-8-2-1-3-9-20)29(36)33-24-11-5-6-12-24/h1-4,7-10,13-15,18,24,27H,5-6,11-12,16-17,19H2,(H,33,36)/t27-/m0/s1. The summed E-state index contributed by atoms with van der Waals surface area (Å²) >= 11 is 19.0. The van der Waals surface area contributed by atoms with Gasteiger partial charge in [-0.15, -0.1) is 0 Å². The molecule has 3 aromatic carbocycles. The van der Waals surface area contributed by atoms with Gasteiger partial charge in [0.15, 0.2) is 0 Å². The predicted molar refractivity (Wildman–Crippen MR) is 147 cm³/mol. The minimum absolute atomic E-state index is 0.0763. The molecule has 1 N–H and O–H groups in total. The van der Waals surface area contributed by atoms with Crippen LogP contribution in [0.25, 0.3) is 0 Å². The van der Waals surface area contributed by atoms with E-state index in [1.54, 1.807) is 29.2 Å². The predicted octanol–water partition coefficient (Wildman–Crippen LogP) is 6.89. The van der Waals surface area contributed by atoms with E-state index in [1.165, 1.54) is 0 Å². The zero-order chi connectivity index (χ0) is 25.5. The summed E-state index contributed by atoms with van der Waals surface area (Å²) < 4.78 is 0. The Morgan fingerprint density at radius 1 is 0.861 bits per heavy atom. The third-order valence-corrected chi connectivity index (χ3v) is 7.58. The maximum Gasteiger partial charge on any atom is 0.243 e. The van der Waals surface area contributed by atoms with Crippen molar-refractivity contribution in [1.29, 1.82) is 0 Å². The van der Waals surface area contributed by atoms with E-state index < -0.39 is 6.04 Å². The molecule has 0 bridgehead atoms. The van der Waals surface area contributed by atoms with Gasteiger partial charge in [-0.05, 0) is 47.7 Å². The molecule has 0 spiro atoms. The summed E-state index contributed by atoms with van der Waals surface area (Å²) in [6.45, 7) is 0.175. The molecule has 1 aliphatic rings. The summed E-state index contributed by atoms with van der Waals surface area (Å²) in [5.74, 6) is -0.347. The number of carbonyl (C=O) groups excluding carboxylic acids is 2. The lowest BCUT2D eigenvalue weighted by molar-refractivity contribution is -0.141. The van der Waals surface area contributed by atoms with Gasteiger partial charge in [0.05, 0.1) is 6.42 Å². The Hall–Kier alpha value is -2.53. The number of benzene rings is 3. The first-order valence-electron chi connectivity index (χ1n) is 12.2. The smallest absolute Gasteiger partial charge is 0.243 e. The fourth-order valence-electron chi connectivity index (χ4n) is 4.66.